The van der Waals surface area contributed by atoms with Crippen LogP contribution in [-0.4, -0.2) is 55.7 Å². The molecule has 4 rings (SSSR count). The molecule has 2 N–H and O–H groups in total. The number of nitrogens with zero attached hydrogens (tertiary/aromatic N) is 1. The van der Waals surface area contributed by atoms with Crippen LogP contribution in [0.25, 0.3) is 0 Å². The Balaban J connectivity index is 1.21. The van der Waals surface area contributed by atoms with Gasteiger partial charge >= 0.3 is 0 Å². The van der Waals surface area contributed by atoms with E-state index in [0.29, 0.717) is 15.6 Å². The predicted octanol–water partition coefficient (Wildman–Crippen LogP) is 3.78. The van der Waals surface area contributed by atoms with Crippen molar-refractivity contribution < 1.29 is 9.53 Å². The second-order valence-corrected chi connectivity index (χ2v) is 8.83. The highest BCUT2D eigenvalue weighted by Crippen LogP contribution is 2.23. The minimum atomic E-state index is -0.103. The Labute approximate surface area is 187 Å². The summed E-state index contributed by atoms with van der Waals surface area (Å²) in [7, 11) is 0. The molecule has 2 aromatic rings. The maximum absolute atomic E-state index is 12.5. The van der Waals surface area contributed by atoms with Crippen molar-refractivity contribution >= 4 is 29.1 Å². The standard InChI is InChI=1S/C23H27Cl2N3O2/c24-21-6-3-17(13-22(21)25)23(29)27-18-9-12-28(15-18)11-8-16-1-4-19(5-2-16)30-20-7-10-26-14-20/h1-6,13,18,20,26H,7-12,14-15H2,(H,27,29). The number of hydrogen-bond acceptors (Lipinski definition) is 4. The van der Waals surface area contributed by atoms with Gasteiger partial charge in [0.05, 0.1) is 10.0 Å². The summed E-state index contributed by atoms with van der Waals surface area (Å²) >= 11 is 11.9. The largest absolute Gasteiger partial charge is 0.489 e. The van der Waals surface area contributed by atoms with Crippen molar-refractivity contribution in [1.29, 1.82) is 0 Å². The van der Waals surface area contributed by atoms with Crippen LogP contribution in [0, 0.1) is 0 Å². The van der Waals surface area contributed by atoms with Gasteiger partial charge in [0.1, 0.15) is 11.9 Å². The average molecular weight is 448 g/mol. The second kappa shape index (κ2) is 10.0. The monoisotopic (exact) mass is 447 g/mol. The number of ether oxygens (including phenoxy) is 1. The first-order valence-corrected chi connectivity index (χ1v) is 11.3. The van der Waals surface area contributed by atoms with Crippen LogP contribution < -0.4 is 15.4 Å². The van der Waals surface area contributed by atoms with E-state index in [9.17, 15) is 4.79 Å². The van der Waals surface area contributed by atoms with Crippen LogP contribution in [0.15, 0.2) is 42.5 Å². The van der Waals surface area contributed by atoms with Gasteiger partial charge in [0.25, 0.3) is 5.91 Å². The summed E-state index contributed by atoms with van der Waals surface area (Å²) in [6.07, 6.45) is 3.30. The molecule has 160 valence electrons. The van der Waals surface area contributed by atoms with E-state index in [2.05, 4.69) is 39.8 Å². The van der Waals surface area contributed by atoms with Crippen LogP contribution in [0.3, 0.4) is 0 Å². The van der Waals surface area contributed by atoms with Gasteiger partial charge in [0, 0.05) is 37.8 Å². The minimum Gasteiger partial charge on any atom is -0.489 e. The molecule has 2 unspecified atom stereocenters. The fraction of sp³-hybridized carbons (Fsp3) is 0.435. The van der Waals surface area contributed by atoms with Crippen LogP contribution in [-0.2, 0) is 6.42 Å². The first-order valence-electron chi connectivity index (χ1n) is 10.5. The number of benzene rings is 2. The lowest BCUT2D eigenvalue weighted by Gasteiger charge is -2.17. The molecule has 1 amide bonds. The molecule has 0 saturated carbocycles. The number of likely N-dealkylation sites (tertiary alicyclic amines) is 1. The van der Waals surface area contributed by atoms with Gasteiger partial charge in [0.15, 0.2) is 0 Å². The number of halogens is 2. The Hall–Kier alpha value is -1.79. The summed E-state index contributed by atoms with van der Waals surface area (Å²) in [5, 5.41) is 7.28. The number of amides is 1. The molecule has 5 nitrogen and oxygen atoms in total. The zero-order valence-corrected chi connectivity index (χ0v) is 18.4. The van der Waals surface area contributed by atoms with Crippen molar-refractivity contribution in [3.05, 3.63) is 63.6 Å². The van der Waals surface area contributed by atoms with E-state index in [1.807, 2.05) is 0 Å². The second-order valence-electron chi connectivity index (χ2n) is 8.02. The smallest absolute Gasteiger partial charge is 0.251 e. The molecule has 2 saturated heterocycles. The van der Waals surface area contributed by atoms with Crippen LogP contribution in [0.4, 0.5) is 0 Å². The molecule has 0 aromatic heterocycles. The van der Waals surface area contributed by atoms with E-state index in [1.54, 1.807) is 18.2 Å². The summed E-state index contributed by atoms with van der Waals surface area (Å²) in [5.74, 6) is 0.840. The Morgan fingerprint density at radius 2 is 1.97 bits per heavy atom. The zero-order valence-electron chi connectivity index (χ0n) is 16.9. The van der Waals surface area contributed by atoms with Crippen molar-refractivity contribution in [2.75, 3.05) is 32.7 Å². The third-order valence-corrected chi connectivity index (χ3v) is 6.49. The van der Waals surface area contributed by atoms with Gasteiger partial charge in [-0.2, -0.15) is 0 Å². The van der Waals surface area contributed by atoms with Gasteiger partial charge in [0.2, 0.25) is 0 Å². The number of hydrogen-bond donors (Lipinski definition) is 2. The third kappa shape index (κ3) is 5.67. The van der Waals surface area contributed by atoms with E-state index in [4.69, 9.17) is 27.9 Å². The van der Waals surface area contributed by atoms with Crippen molar-refractivity contribution in [2.24, 2.45) is 0 Å². The Kier molecular flexibility index (Phi) is 7.16. The lowest BCUT2D eigenvalue weighted by molar-refractivity contribution is 0.0938. The lowest BCUT2D eigenvalue weighted by Crippen LogP contribution is -2.37. The van der Waals surface area contributed by atoms with E-state index < -0.39 is 0 Å². The fourth-order valence-corrected chi connectivity index (χ4v) is 4.30. The molecule has 0 aliphatic carbocycles. The van der Waals surface area contributed by atoms with Crippen LogP contribution in [0.2, 0.25) is 10.0 Å². The first-order chi connectivity index (χ1) is 14.6. The van der Waals surface area contributed by atoms with Gasteiger partial charge in [-0.15, -0.1) is 0 Å². The van der Waals surface area contributed by atoms with Crippen molar-refractivity contribution in [3.8, 4) is 5.75 Å². The predicted molar refractivity (Wildman–Crippen MR) is 121 cm³/mol. The maximum Gasteiger partial charge on any atom is 0.251 e. The summed E-state index contributed by atoms with van der Waals surface area (Å²) < 4.78 is 5.98. The molecule has 0 spiro atoms. The van der Waals surface area contributed by atoms with Gasteiger partial charge in [-0.25, -0.2) is 0 Å². The van der Waals surface area contributed by atoms with E-state index in [1.165, 1.54) is 5.56 Å². The summed E-state index contributed by atoms with van der Waals surface area (Å²) in [6.45, 7) is 4.80. The highest BCUT2D eigenvalue weighted by molar-refractivity contribution is 6.42. The fourth-order valence-electron chi connectivity index (χ4n) is 4.00. The zero-order chi connectivity index (χ0) is 20.9. The Morgan fingerprint density at radius 1 is 1.13 bits per heavy atom. The van der Waals surface area contributed by atoms with Gasteiger partial charge in [-0.3, -0.25) is 4.79 Å². The van der Waals surface area contributed by atoms with Crippen molar-refractivity contribution in [1.82, 2.24) is 15.5 Å². The molecule has 7 heteroatoms. The average Bonchev–Trinajstić information content (AvgIpc) is 3.41. The number of carbonyl (C=O) groups is 1. The van der Waals surface area contributed by atoms with Crippen molar-refractivity contribution in [2.45, 2.75) is 31.4 Å². The SMILES string of the molecule is O=C(NC1CCN(CCc2ccc(OC3CCNC3)cc2)C1)c1ccc(Cl)c(Cl)c1. The van der Waals surface area contributed by atoms with Gasteiger partial charge < -0.3 is 20.3 Å². The quantitative estimate of drug-likeness (QED) is 0.677. The van der Waals surface area contributed by atoms with Crippen LogP contribution >= 0.6 is 23.2 Å². The number of carbonyl (C=O) groups excluding carboxylic acids is 1. The Morgan fingerprint density at radius 3 is 2.70 bits per heavy atom. The molecule has 0 bridgehead atoms. The molecule has 2 aliphatic heterocycles. The molecular weight excluding hydrogens is 421 g/mol. The molecule has 2 heterocycles. The van der Waals surface area contributed by atoms with Crippen LogP contribution in [0.1, 0.15) is 28.8 Å². The maximum atomic E-state index is 12.5. The number of nitrogens with one attached hydrogen (secondary N) is 2. The summed E-state index contributed by atoms with van der Waals surface area (Å²) in [5.41, 5.74) is 1.84. The number of rotatable bonds is 7. The molecule has 2 fully saturated rings. The normalized spacial score (nSPS) is 21.7. The molecule has 2 aliphatic rings. The van der Waals surface area contributed by atoms with E-state index in [0.717, 1.165) is 57.7 Å². The summed E-state index contributed by atoms with van der Waals surface area (Å²) in [4.78, 5) is 14.9. The van der Waals surface area contributed by atoms with E-state index in [-0.39, 0.29) is 18.1 Å². The topological polar surface area (TPSA) is 53.6 Å². The highest BCUT2D eigenvalue weighted by atomic mass is 35.5. The molecule has 2 atom stereocenters. The molecule has 0 radical (unpaired) electrons. The van der Waals surface area contributed by atoms with Gasteiger partial charge in [-0.1, -0.05) is 35.3 Å². The highest BCUT2D eigenvalue weighted by Gasteiger charge is 2.24. The van der Waals surface area contributed by atoms with Gasteiger partial charge in [-0.05, 0) is 61.7 Å². The first kappa shape index (κ1) is 21.4. The Bertz CT molecular complexity index is 869. The van der Waals surface area contributed by atoms with Crippen LogP contribution in [0.5, 0.6) is 5.75 Å². The third-order valence-electron chi connectivity index (χ3n) is 5.75. The summed E-state index contributed by atoms with van der Waals surface area (Å²) in [6, 6.07) is 13.6. The van der Waals surface area contributed by atoms with E-state index >= 15 is 0 Å². The lowest BCUT2D eigenvalue weighted by atomic mass is 10.1. The molecular formula is C23H27Cl2N3O2. The minimum absolute atomic E-state index is 0.103. The molecule has 2 aromatic carbocycles. The molecule has 30 heavy (non-hydrogen) atoms. The van der Waals surface area contributed by atoms with Crippen molar-refractivity contribution in [3.63, 3.8) is 0 Å².